The van der Waals surface area contributed by atoms with Gasteiger partial charge in [0.2, 0.25) is 0 Å². The van der Waals surface area contributed by atoms with E-state index in [0.29, 0.717) is 37.0 Å². The van der Waals surface area contributed by atoms with Crippen LogP contribution in [0.5, 0.6) is 5.75 Å². The van der Waals surface area contributed by atoms with Crippen LogP contribution in [-0.2, 0) is 9.39 Å². The largest absolute Gasteiger partial charge is 0.507 e. The molecule has 5 rings (SSSR count). The van der Waals surface area contributed by atoms with E-state index in [1.807, 2.05) is 25.1 Å². The van der Waals surface area contributed by atoms with Crippen LogP contribution in [0, 0.1) is 17.8 Å². The monoisotopic (exact) mass is 486 g/mol. The van der Waals surface area contributed by atoms with Gasteiger partial charge in [0, 0.05) is 35.6 Å². The molecule has 36 heavy (non-hydrogen) atoms. The van der Waals surface area contributed by atoms with E-state index in [-0.39, 0.29) is 35.7 Å². The highest BCUT2D eigenvalue weighted by Gasteiger charge is 2.53. The fourth-order valence-electron chi connectivity index (χ4n) is 6.28. The van der Waals surface area contributed by atoms with Crippen molar-refractivity contribution in [2.24, 2.45) is 17.8 Å². The summed E-state index contributed by atoms with van der Waals surface area (Å²) in [5, 5.41) is 20.8. The smallest absolute Gasteiger partial charge is 0.455 e. The molecule has 0 amide bonds. The van der Waals surface area contributed by atoms with E-state index in [2.05, 4.69) is 0 Å². The number of hydrogen-bond acceptors (Lipinski definition) is 6. The summed E-state index contributed by atoms with van der Waals surface area (Å²) in [6, 6.07) is 14.2. The summed E-state index contributed by atoms with van der Waals surface area (Å²) >= 11 is 0. The minimum atomic E-state index is -1.01. The Kier molecular flexibility index (Phi) is 6.97. The number of ketones is 2. The lowest BCUT2D eigenvalue weighted by atomic mass is 9.54. The molecular weight excluding hydrogens is 455 g/mol. The van der Waals surface area contributed by atoms with E-state index in [9.17, 15) is 19.7 Å². The number of phenols is 1. The van der Waals surface area contributed by atoms with Gasteiger partial charge in [0.15, 0.2) is 11.6 Å². The van der Waals surface area contributed by atoms with Crippen molar-refractivity contribution in [1.29, 1.82) is 0 Å². The second-order valence-electron chi connectivity index (χ2n) is 10.1. The highest BCUT2D eigenvalue weighted by Crippen LogP contribution is 2.51. The van der Waals surface area contributed by atoms with Gasteiger partial charge in [-0.1, -0.05) is 54.1 Å². The summed E-state index contributed by atoms with van der Waals surface area (Å²) in [5.41, 5.74) is 4.82. The van der Waals surface area contributed by atoms with Crippen molar-refractivity contribution in [1.82, 2.24) is 0 Å². The molecule has 0 unspecified atom stereocenters. The van der Waals surface area contributed by atoms with Crippen LogP contribution in [0.1, 0.15) is 52.5 Å². The van der Waals surface area contributed by atoms with Crippen molar-refractivity contribution in [3.63, 3.8) is 0 Å². The summed E-state index contributed by atoms with van der Waals surface area (Å²) in [6.45, 7) is 2.37. The Labute approximate surface area is 211 Å². The zero-order chi connectivity index (χ0) is 25.4. The minimum Gasteiger partial charge on any atom is -0.507 e. The average Bonchev–Trinajstić information content (AvgIpc) is 2.87. The fourth-order valence-corrected chi connectivity index (χ4v) is 6.28. The van der Waals surface area contributed by atoms with E-state index in [1.54, 1.807) is 43.5 Å². The number of phenolic OH excluding ortho intramolecular Hbond substituents is 1. The molecule has 0 saturated carbocycles. The fraction of sp³-hybridized carbons (Fsp3) is 0.379. The van der Waals surface area contributed by atoms with Gasteiger partial charge in [-0.15, -0.1) is 0 Å². The normalized spacial score (nSPS) is 26.0. The highest BCUT2D eigenvalue weighted by atomic mass is 16.5. The third kappa shape index (κ3) is 4.47. The molecular formula is C29H31BO6. The molecule has 1 fully saturated rings. The second-order valence-corrected chi connectivity index (χ2v) is 10.1. The van der Waals surface area contributed by atoms with Gasteiger partial charge in [-0.2, -0.15) is 0 Å². The quantitative estimate of drug-likeness (QED) is 0.453. The third-order valence-electron chi connectivity index (χ3n) is 7.82. The number of carbonyl (C=O) groups excluding carboxylic acids is 2. The summed E-state index contributed by atoms with van der Waals surface area (Å²) < 4.78 is 11.6. The summed E-state index contributed by atoms with van der Waals surface area (Å²) in [7, 11) is 0.624. The maximum Gasteiger partial charge on any atom is 0.455 e. The Balaban J connectivity index is 1.46. The molecule has 4 atom stereocenters. The molecule has 0 radical (unpaired) electrons. The third-order valence-corrected chi connectivity index (χ3v) is 7.82. The molecule has 7 heteroatoms. The van der Waals surface area contributed by atoms with Crippen LogP contribution >= 0.6 is 0 Å². The number of Topliss-reactive ketones (excluding diaryl/α,β-unsaturated/α-hetero) is 2. The van der Waals surface area contributed by atoms with Crippen molar-refractivity contribution in [3.05, 3.63) is 81.9 Å². The Morgan fingerprint density at radius 3 is 2.50 bits per heavy atom. The molecule has 186 valence electrons. The highest BCUT2D eigenvalue weighted by molar-refractivity contribution is 6.43. The van der Waals surface area contributed by atoms with Crippen LogP contribution in [0.2, 0.25) is 6.32 Å². The van der Waals surface area contributed by atoms with Gasteiger partial charge in [-0.25, -0.2) is 0 Å². The number of carbonyl (C=O) groups is 2. The van der Waals surface area contributed by atoms with Gasteiger partial charge in [0.25, 0.3) is 0 Å². The topological polar surface area (TPSA) is 93.1 Å². The number of para-hydroxylation sites is 1. The summed E-state index contributed by atoms with van der Waals surface area (Å²) in [4.78, 5) is 27.1. The maximum atomic E-state index is 13.7. The predicted molar refractivity (Wildman–Crippen MR) is 138 cm³/mol. The number of hydrogen-bond donors (Lipinski definition) is 2. The van der Waals surface area contributed by atoms with Crippen LogP contribution in [0.15, 0.2) is 65.3 Å². The van der Waals surface area contributed by atoms with Gasteiger partial charge in [0.1, 0.15) is 5.75 Å². The number of rotatable bonds is 6. The van der Waals surface area contributed by atoms with Crippen LogP contribution in [0.3, 0.4) is 0 Å². The van der Waals surface area contributed by atoms with Crippen molar-refractivity contribution < 1.29 is 29.1 Å². The first-order chi connectivity index (χ1) is 17.4. The molecule has 2 aromatic rings. The lowest BCUT2D eigenvalue weighted by Gasteiger charge is -2.47. The summed E-state index contributed by atoms with van der Waals surface area (Å²) in [6.07, 6.45) is 3.62. The van der Waals surface area contributed by atoms with E-state index < -0.39 is 19.0 Å². The van der Waals surface area contributed by atoms with Gasteiger partial charge >= 0.3 is 7.12 Å². The van der Waals surface area contributed by atoms with E-state index in [0.717, 1.165) is 22.3 Å². The number of fused-ring (bicyclic) bond motifs is 4. The summed E-state index contributed by atoms with van der Waals surface area (Å²) in [5.74, 6) is -0.998. The SMILES string of the molecule is COCC1=C2[C@@H](CC/C(C)=C/c3ccccc3O)OB(O)C[C@@H]2[C@@H]2C(=O)c3ccccc3C(=O)[C@@H]2C1. The lowest BCUT2D eigenvalue weighted by molar-refractivity contribution is 0.0584. The molecule has 1 heterocycles. The number of allylic oxidation sites excluding steroid dienone is 1. The van der Waals surface area contributed by atoms with Gasteiger partial charge < -0.3 is 19.5 Å². The zero-order valence-corrected chi connectivity index (χ0v) is 20.6. The van der Waals surface area contributed by atoms with Crippen LogP contribution < -0.4 is 0 Å². The standard InChI is InChI=1S/C29H31BO6/c1-17(13-18-7-3-6-10-24(18)31)11-12-25-26-19(16-35-2)14-22-27(23(26)15-30(34)36-25)29(33)21-9-5-4-8-20(21)28(22)32/h3-10,13,22-23,25,27,31,34H,11-12,14-16H2,1-2H3/b17-13+/t22-,23+,25-,27-/m1/s1. The molecule has 2 N–H and O–H groups in total. The Morgan fingerprint density at radius 1 is 1.08 bits per heavy atom. The molecule has 0 bridgehead atoms. The van der Waals surface area contributed by atoms with E-state index in [1.165, 1.54) is 0 Å². The van der Waals surface area contributed by atoms with Gasteiger partial charge in [0.05, 0.1) is 12.7 Å². The average molecular weight is 486 g/mol. The first-order valence-corrected chi connectivity index (χ1v) is 12.6. The van der Waals surface area contributed by atoms with Gasteiger partial charge in [-0.3, -0.25) is 9.59 Å². The van der Waals surface area contributed by atoms with Gasteiger partial charge in [-0.05, 0) is 55.6 Å². The molecule has 1 aliphatic heterocycles. The van der Waals surface area contributed by atoms with E-state index >= 15 is 0 Å². The van der Waals surface area contributed by atoms with Crippen molar-refractivity contribution in [3.8, 4) is 5.75 Å². The van der Waals surface area contributed by atoms with Crippen LogP contribution in [-0.4, -0.2) is 48.6 Å². The molecule has 2 aliphatic carbocycles. The lowest BCUT2D eigenvalue weighted by Crippen LogP contribution is -2.51. The zero-order valence-electron chi connectivity index (χ0n) is 20.6. The first kappa shape index (κ1) is 24.7. The van der Waals surface area contributed by atoms with Crippen LogP contribution in [0.25, 0.3) is 6.08 Å². The number of ether oxygens (including phenoxy) is 1. The minimum absolute atomic E-state index is 0.00170. The van der Waals surface area contributed by atoms with Crippen molar-refractivity contribution >= 4 is 24.8 Å². The van der Waals surface area contributed by atoms with E-state index in [4.69, 9.17) is 9.39 Å². The Morgan fingerprint density at radius 2 is 1.78 bits per heavy atom. The molecule has 1 saturated heterocycles. The van der Waals surface area contributed by atoms with Crippen LogP contribution in [0.4, 0.5) is 0 Å². The Bertz CT molecular complexity index is 1250. The molecule has 6 nitrogen and oxygen atoms in total. The second kappa shape index (κ2) is 10.2. The molecule has 2 aromatic carbocycles. The number of methoxy groups -OCH3 is 1. The molecule has 0 aromatic heterocycles. The molecule has 0 spiro atoms. The predicted octanol–water partition coefficient (Wildman–Crippen LogP) is 4.73. The molecule has 3 aliphatic rings. The van der Waals surface area contributed by atoms with Crippen molar-refractivity contribution in [2.45, 2.75) is 38.6 Å². The first-order valence-electron chi connectivity index (χ1n) is 12.6. The maximum absolute atomic E-state index is 13.7. The number of benzene rings is 2. The van der Waals surface area contributed by atoms with Crippen molar-refractivity contribution in [2.75, 3.05) is 13.7 Å². The Hall–Kier alpha value is -3.00. The number of aromatic hydroxyl groups is 1.